The number of nitrogens with zero attached hydrogens (tertiary/aromatic N) is 2. The second kappa shape index (κ2) is 9.41. The van der Waals surface area contributed by atoms with Crippen LogP contribution in [0.5, 0.6) is 0 Å². The van der Waals surface area contributed by atoms with Gasteiger partial charge in [-0.2, -0.15) is 0 Å². The number of aliphatic hydroxyl groups is 1. The maximum absolute atomic E-state index is 11.9. The molecule has 0 spiro atoms. The van der Waals surface area contributed by atoms with Gasteiger partial charge in [0.15, 0.2) is 0 Å². The largest absolute Gasteiger partial charge is 0.389 e. The zero-order valence-corrected chi connectivity index (χ0v) is 15.3. The van der Waals surface area contributed by atoms with Gasteiger partial charge in [0.2, 0.25) is 5.91 Å². The molecule has 7 heteroatoms. The summed E-state index contributed by atoms with van der Waals surface area (Å²) in [6, 6.07) is 4.17. The zero-order chi connectivity index (χ0) is 18.4. The van der Waals surface area contributed by atoms with Crippen molar-refractivity contribution in [3.05, 3.63) is 30.1 Å². The highest BCUT2D eigenvalue weighted by Gasteiger charge is 2.37. The van der Waals surface area contributed by atoms with Crippen LogP contribution < -0.4 is 5.32 Å². The number of amides is 1. The number of ether oxygens (including phenoxy) is 2. The minimum Gasteiger partial charge on any atom is -0.389 e. The molecule has 3 rings (SSSR count). The van der Waals surface area contributed by atoms with E-state index in [-0.39, 0.29) is 24.2 Å². The summed E-state index contributed by atoms with van der Waals surface area (Å²) in [4.78, 5) is 18.2. The molecule has 2 N–H and O–H groups in total. The van der Waals surface area contributed by atoms with Crippen molar-refractivity contribution in [3.63, 3.8) is 0 Å². The molecule has 0 radical (unpaired) electrons. The molecular formula is C19H29N3O4. The first-order chi connectivity index (χ1) is 12.7. The maximum atomic E-state index is 11.9. The van der Waals surface area contributed by atoms with Crippen molar-refractivity contribution in [1.82, 2.24) is 15.2 Å². The highest BCUT2D eigenvalue weighted by Crippen LogP contribution is 2.28. The molecule has 26 heavy (non-hydrogen) atoms. The average molecular weight is 363 g/mol. The molecule has 1 aromatic heterocycles. The Morgan fingerprint density at radius 2 is 2.15 bits per heavy atom. The van der Waals surface area contributed by atoms with E-state index in [4.69, 9.17) is 9.47 Å². The minimum atomic E-state index is -0.508. The molecule has 1 amide bonds. The first-order valence-corrected chi connectivity index (χ1v) is 9.46. The van der Waals surface area contributed by atoms with Crippen molar-refractivity contribution in [2.45, 2.75) is 57.1 Å². The lowest BCUT2D eigenvalue weighted by Crippen LogP contribution is -2.55. The monoisotopic (exact) mass is 363 g/mol. The molecule has 0 aromatic carbocycles. The maximum Gasteiger partial charge on any atom is 0.222 e. The fraction of sp³-hybridized carbons (Fsp3) is 0.684. The second-order valence-electron chi connectivity index (χ2n) is 7.08. The summed E-state index contributed by atoms with van der Waals surface area (Å²) < 4.78 is 11.9. The Morgan fingerprint density at radius 3 is 2.92 bits per heavy atom. The molecule has 144 valence electrons. The minimum absolute atomic E-state index is 0.0341. The molecular weight excluding hydrogens is 334 g/mol. The summed E-state index contributed by atoms with van der Waals surface area (Å²) in [7, 11) is 0. The number of aromatic nitrogens is 1. The molecule has 0 aliphatic carbocycles. The smallest absolute Gasteiger partial charge is 0.222 e. The summed E-state index contributed by atoms with van der Waals surface area (Å²) in [5.41, 5.74) is 1.16. The Bertz CT molecular complexity index is 571. The molecule has 0 saturated carbocycles. The van der Waals surface area contributed by atoms with E-state index in [1.807, 2.05) is 19.1 Å². The van der Waals surface area contributed by atoms with Gasteiger partial charge in [-0.15, -0.1) is 0 Å². The van der Waals surface area contributed by atoms with E-state index in [1.165, 1.54) is 0 Å². The first-order valence-electron chi connectivity index (χ1n) is 9.46. The van der Waals surface area contributed by atoms with Crippen LogP contribution in [0.15, 0.2) is 24.5 Å². The highest BCUT2D eigenvalue weighted by atomic mass is 16.5. The molecule has 0 bridgehead atoms. The molecule has 7 nitrogen and oxygen atoms in total. The lowest BCUT2D eigenvalue weighted by Gasteiger charge is -2.44. The number of aliphatic hydroxyl groups excluding tert-OH is 1. The fourth-order valence-electron chi connectivity index (χ4n) is 3.83. The number of β-amino-alcohol motifs (C(OH)–C–C–N with tert-alkyl or cyclic N) is 1. The van der Waals surface area contributed by atoms with Gasteiger partial charge in [-0.25, -0.2) is 0 Å². The number of pyridine rings is 1. The van der Waals surface area contributed by atoms with Crippen LogP contribution in [0, 0.1) is 0 Å². The predicted octanol–water partition coefficient (Wildman–Crippen LogP) is 0.717. The van der Waals surface area contributed by atoms with Crippen LogP contribution in [0.3, 0.4) is 0 Å². The van der Waals surface area contributed by atoms with Crippen LogP contribution >= 0.6 is 0 Å². The Labute approximate surface area is 154 Å². The van der Waals surface area contributed by atoms with E-state index >= 15 is 0 Å². The van der Waals surface area contributed by atoms with Crippen molar-refractivity contribution in [3.8, 4) is 0 Å². The van der Waals surface area contributed by atoms with E-state index in [0.29, 0.717) is 32.7 Å². The number of carbonyl (C=O) groups is 1. The lowest BCUT2D eigenvalue weighted by molar-refractivity contribution is -0.158. The van der Waals surface area contributed by atoms with Gasteiger partial charge >= 0.3 is 0 Å². The SMILES string of the molecule is CCNC(=O)C[C@@H]1CC[C@@H]2[C@H](COC[C@@H](O)CN2Cc2ccncc2)O1. The quantitative estimate of drug-likeness (QED) is 0.802. The van der Waals surface area contributed by atoms with E-state index in [2.05, 4.69) is 15.2 Å². The highest BCUT2D eigenvalue weighted by molar-refractivity contribution is 5.76. The van der Waals surface area contributed by atoms with Gasteiger partial charge in [0, 0.05) is 38.1 Å². The fourth-order valence-corrected chi connectivity index (χ4v) is 3.83. The summed E-state index contributed by atoms with van der Waals surface area (Å²) >= 11 is 0. The third kappa shape index (κ3) is 5.23. The third-order valence-corrected chi connectivity index (χ3v) is 5.01. The van der Waals surface area contributed by atoms with Gasteiger partial charge in [0.1, 0.15) is 0 Å². The number of fused-ring (bicyclic) bond motifs is 1. The van der Waals surface area contributed by atoms with Crippen LogP contribution in [0.25, 0.3) is 0 Å². The summed E-state index contributed by atoms with van der Waals surface area (Å²) in [5.74, 6) is 0.0341. The number of rotatable bonds is 5. The summed E-state index contributed by atoms with van der Waals surface area (Å²) in [6.45, 7) is 4.60. The van der Waals surface area contributed by atoms with Gasteiger partial charge < -0.3 is 19.9 Å². The lowest BCUT2D eigenvalue weighted by atomic mass is 9.94. The summed E-state index contributed by atoms with van der Waals surface area (Å²) in [5, 5.41) is 13.0. The Morgan fingerprint density at radius 1 is 1.35 bits per heavy atom. The van der Waals surface area contributed by atoms with E-state index in [1.54, 1.807) is 12.4 Å². The van der Waals surface area contributed by atoms with Crippen molar-refractivity contribution >= 4 is 5.91 Å². The van der Waals surface area contributed by atoms with E-state index < -0.39 is 6.10 Å². The van der Waals surface area contributed by atoms with Crippen LogP contribution in [0.2, 0.25) is 0 Å². The van der Waals surface area contributed by atoms with Crippen molar-refractivity contribution in [2.24, 2.45) is 0 Å². The molecule has 2 aliphatic heterocycles. The van der Waals surface area contributed by atoms with Gasteiger partial charge in [-0.3, -0.25) is 14.7 Å². The normalized spacial score (nSPS) is 30.1. The molecule has 2 aliphatic rings. The first kappa shape index (κ1) is 19.2. The molecule has 2 fully saturated rings. The Kier molecular flexibility index (Phi) is 6.96. The van der Waals surface area contributed by atoms with E-state index in [0.717, 1.165) is 24.9 Å². The van der Waals surface area contributed by atoms with E-state index in [9.17, 15) is 9.90 Å². The number of nitrogens with one attached hydrogen (secondary N) is 1. The molecule has 3 heterocycles. The zero-order valence-electron chi connectivity index (χ0n) is 15.3. The number of carbonyl (C=O) groups excluding carboxylic acids is 1. The Hall–Kier alpha value is -1.54. The molecule has 2 saturated heterocycles. The van der Waals surface area contributed by atoms with Crippen LogP contribution in [-0.2, 0) is 20.8 Å². The molecule has 4 atom stereocenters. The number of hydrogen-bond donors (Lipinski definition) is 2. The molecule has 1 aromatic rings. The number of hydrogen-bond acceptors (Lipinski definition) is 6. The second-order valence-corrected chi connectivity index (χ2v) is 7.08. The van der Waals surface area contributed by atoms with Crippen molar-refractivity contribution in [2.75, 3.05) is 26.3 Å². The van der Waals surface area contributed by atoms with Gasteiger partial charge in [0.25, 0.3) is 0 Å². The Balaban J connectivity index is 1.67. The van der Waals surface area contributed by atoms with Crippen LogP contribution in [0.4, 0.5) is 0 Å². The van der Waals surface area contributed by atoms with Crippen molar-refractivity contribution < 1.29 is 19.4 Å². The van der Waals surface area contributed by atoms with Gasteiger partial charge in [-0.05, 0) is 37.5 Å². The van der Waals surface area contributed by atoms with Crippen molar-refractivity contribution in [1.29, 1.82) is 0 Å². The van der Waals surface area contributed by atoms with Crippen LogP contribution in [0.1, 0.15) is 31.7 Å². The van der Waals surface area contributed by atoms with Gasteiger partial charge in [-0.1, -0.05) is 0 Å². The van der Waals surface area contributed by atoms with Gasteiger partial charge in [0.05, 0.1) is 37.9 Å². The van der Waals surface area contributed by atoms with Crippen LogP contribution in [-0.4, -0.2) is 71.6 Å². The molecule has 0 unspecified atom stereocenters. The topological polar surface area (TPSA) is 83.9 Å². The standard InChI is InChI=1S/C19H29N3O4/c1-2-21-19(24)9-16-3-4-17-18(26-16)13-25-12-15(23)11-22(17)10-14-5-7-20-8-6-14/h5-8,15-18,23H,2-4,9-13H2,1H3,(H,21,24)/t15-,16-,17+,18-/m0/s1. The summed E-state index contributed by atoms with van der Waals surface area (Å²) in [6.07, 6.45) is 5.06. The third-order valence-electron chi connectivity index (χ3n) is 5.01. The average Bonchev–Trinajstić information content (AvgIpc) is 2.61. The predicted molar refractivity (Wildman–Crippen MR) is 96.5 cm³/mol.